The highest BCUT2D eigenvalue weighted by molar-refractivity contribution is 5.33. The van der Waals surface area contributed by atoms with E-state index in [2.05, 4.69) is 28.8 Å². The molecule has 2 rings (SSSR count). The highest BCUT2D eigenvalue weighted by Gasteiger charge is 2.26. The van der Waals surface area contributed by atoms with Gasteiger partial charge < -0.3 is 10.0 Å². The number of aromatic nitrogens is 2. The van der Waals surface area contributed by atoms with Gasteiger partial charge in [0.05, 0.1) is 6.61 Å². The molecule has 1 N–H and O–H groups in total. The number of aliphatic hydroxyl groups is 1. The first kappa shape index (κ1) is 13.3. The Morgan fingerprint density at radius 1 is 1.39 bits per heavy atom. The minimum absolute atomic E-state index is 0.00958. The summed E-state index contributed by atoms with van der Waals surface area (Å²) in [5, 5.41) is 9.15. The van der Waals surface area contributed by atoms with Crippen LogP contribution in [0.5, 0.6) is 0 Å². The lowest BCUT2D eigenvalue weighted by atomic mass is 9.85. The topological polar surface area (TPSA) is 49.2 Å². The molecule has 1 aromatic heterocycles. The molecule has 1 aliphatic carbocycles. The number of aryl methyl sites for hydroxylation is 1. The van der Waals surface area contributed by atoms with E-state index in [4.69, 9.17) is 5.11 Å². The molecule has 0 aromatic carbocycles. The lowest BCUT2D eigenvalue weighted by molar-refractivity contribution is 0.279. The molecule has 4 nitrogen and oxygen atoms in total. The first-order valence-corrected chi connectivity index (χ1v) is 6.79. The van der Waals surface area contributed by atoms with Gasteiger partial charge in [-0.15, -0.1) is 0 Å². The van der Waals surface area contributed by atoms with E-state index in [-0.39, 0.29) is 6.61 Å². The molecule has 1 heterocycles. The van der Waals surface area contributed by atoms with Crippen LogP contribution in [0.1, 0.15) is 43.9 Å². The first-order chi connectivity index (χ1) is 8.63. The van der Waals surface area contributed by atoms with Crippen LogP contribution < -0.4 is 4.90 Å². The highest BCUT2D eigenvalue weighted by atomic mass is 16.3. The summed E-state index contributed by atoms with van der Waals surface area (Å²) in [6, 6.07) is 0.540. The monoisotopic (exact) mass is 249 g/mol. The molecular weight excluding hydrogens is 226 g/mol. The Balaban J connectivity index is 2.17. The number of rotatable bonds is 3. The first-order valence-electron chi connectivity index (χ1n) is 6.79. The van der Waals surface area contributed by atoms with Crippen LogP contribution in [-0.4, -0.2) is 28.2 Å². The molecule has 0 amide bonds. The predicted molar refractivity (Wildman–Crippen MR) is 72.5 cm³/mol. The average molecular weight is 249 g/mol. The number of aliphatic hydroxyl groups excluding tert-OH is 1. The summed E-state index contributed by atoms with van der Waals surface area (Å²) in [5.74, 6) is 1.48. The fraction of sp³-hybridized carbons (Fsp3) is 0.714. The van der Waals surface area contributed by atoms with Crippen LogP contribution >= 0.6 is 0 Å². The molecule has 0 spiro atoms. The fourth-order valence-corrected chi connectivity index (χ4v) is 2.83. The SMILES string of the molecule is Cc1nc(N(C)C2CCCCC2C)ncc1CO. The summed E-state index contributed by atoms with van der Waals surface area (Å²) in [4.78, 5) is 11.1. The fourth-order valence-electron chi connectivity index (χ4n) is 2.83. The van der Waals surface area contributed by atoms with Crippen molar-refractivity contribution in [1.29, 1.82) is 0 Å². The summed E-state index contributed by atoms with van der Waals surface area (Å²) >= 11 is 0. The Kier molecular flexibility index (Phi) is 4.17. The van der Waals surface area contributed by atoms with E-state index in [1.165, 1.54) is 25.7 Å². The van der Waals surface area contributed by atoms with Crippen molar-refractivity contribution in [2.45, 2.75) is 52.2 Å². The van der Waals surface area contributed by atoms with Crippen LogP contribution in [0, 0.1) is 12.8 Å². The molecule has 0 radical (unpaired) electrons. The zero-order valence-corrected chi connectivity index (χ0v) is 11.6. The van der Waals surface area contributed by atoms with Gasteiger partial charge in [0.25, 0.3) is 0 Å². The molecule has 1 aromatic rings. The second kappa shape index (κ2) is 5.65. The van der Waals surface area contributed by atoms with Gasteiger partial charge in [-0.1, -0.05) is 19.8 Å². The van der Waals surface area contributed by atoms with Gasteiger partial charge in [-0.05, 0) is 25.7 Å². The van der Waals surface area contributed by atoms with Crippen molar-refractivity contribution < 1.29 is 5.11 Å². The summed E-state index contributed by atoms with van der Waals surface area (Å²) < 4.78 is 0. The van der Waals surface area contributed by atoms with Crippen molar-refractivity contribution in [3.63, 3.8) is 0 Å². The van der Waals surface area contributed by atoms with Crippen LogP contribution in [0.15, 0.2) is 6.20 Å². The van der Waals surface area contributed by atoms with Crippen LogP contribution in [0.4, 0.5) is 5.95 Å². The third kappa shape index (κ3) is 2.64. The Bertz CT molecular complexity index is 408. The van der Waals surface area contributed by atoms with Crippen molar-refractivity contribution in [2.24, 2.45) is 5.92 Å². The van der Waals surface area contributed by atoms with Crippen LogP contribution in [0.25, 0.3) is 0 Å². The maximum atomic E-state index is 9.15. The summed E-state index contributed by atoms with van der Waals surface area (Å²) in [6.45, 7) is 4.25. The standard InChI is InChI=1S/C14H23N3O/c1-10-6-4-5-7-13(10)17(3)14-15-8-12(9-18)11(2)16-14/h8,10,13,18H,4-7,9H2,1-3H3. The molecule has 100 valence electrons. The maximum Gasteiger partial charge on any atom is 0.225 e. The van der Waals surface area contributed by atoms with Crippen molar-refractivity contribution in [3.8, 4) is 0 Å². The summed E-state index contributed by atoms with van der Waals surface area (Å²) in [6.07, 6.45) is 6.90. The maximum absolute atomic E-state index is 9.15. The lowest BCUT2D eigenvalue weighted by Crippen LogP contribution is -2.40. The van der Waals surface area contributed by atoms with E-state index in [1.54, 1.807) is 6.20 Å². The summed E-state index contributed by atoms with van der Waals surface area (Å²) in [7, 11) is 2.08. The molecule has 0 bridgehead atoms. The van der Waals surface area contributed by atoms with E-state index >= 15 is 0 Å². The second-order valence-corrected chi connectivity index (χ2v) is 5.38. The number of anilines is 1. The molecule has 1 saturated carbocycles. The molecule has 0 aliphatic heterocycles. The Morgan fingerprint density at radius 2 is 2.11 bits per heavy atom. The molecule has 2 unspecified atom stereocenters. The van der Waals surface area contributed by atoms with Gasteiger partial charge in [0.1, 0.15) is 0 Å². The van der Waals surface area contributed by atoms with E-state index in [0.29, 0.717) is 12.0 Å². The molecular formula is C14H23N3O. The van der Waals surface area contributed by atoms with Crippen molar-refractivity contribution >= 4 is 5.95 Å². The third-order valence-electron chi connectivity index (χ3n) is 4.12. The number of nitrogens with zero attached hydrogens (tertiary/aromatic N) is 3. The van der Waals surface area contributed by atoms with Crippen molar-refractivity contribution in [1.82, 2.24) is 9.97 Å². The molecule has 1 fully saturated rings. The van der Waals surface area contributed by atoms with Crippen LogP contribution in [-0.2, 0) is 6.61 Å². The minimum Gasteiger partial charge on any atom is -0.392 e. The Hall–Kier alpha value is -1.16. The van der Waals surface area contributed by atoms with Gasteiger partial charge in [0.15, 0.2) is 0 Å². The van der Waals surface area contributed by atoms with Gasteiger partial charge >= 0.3 is 0 Å². The predicted octanol–water partition coefficient (Wildman–Crippen LogP) is 2.29. The molecule has 0 saturated heterocycles. The zero-order valence-electron chi connectivity index (χ0n) is 11.6. The smallest absolute Gasteiger partial charge is 0.225 e. The molecule has 1 aliphatic rings. The van der Waals surface area contributed by atoms with Gasteiger partial charge in [0.2, 0.25) is 5.95 Å². The van der Waals surface area contributed by atoms with E-state index in [9.17, 15) is 0 Å². The highest BCUT2D eigenvalue weighted by Crippen LogP contribution is 2.29. The minimum atomic E-state index is 0.00958. The van der Waals surface area contributed by atoms with Gasteiger partial charge in [-0.3, -0.25) is 0 Å². The van der Waals surface area contributed by atoms with Crippen molar-refractivity contribution in [3.05, 3.63) is 17.5 Å². The quantitative estimate of drug-likeness (QED) is 0.893. The number of hydrogen-bond donors (Lipinski definition) is 1. The van der Waals surface area contributed by atoms with E-state index in [1.807, 2.05) is 6.92 Å². The van der Waals surface area contributed by atoms with Gasteiger partial charge in [-0.25, -0.2) is 9.97 Å². The van der Waals surface area contributed by atoms with E-state index in [0.717, 1.165) is 17.2 Å². The normalized spacial score (nSPS) is 24.0. The number of hydrogen-bond acceptors (Lipinski definition) is 4. The lowest BCUT2D eigenvalue weighted by Gasteiger charge is -2.36. The third-order valence-corrected chi connectivity index (χ3v) is 4.12. The Labute approximate surface area is 109 Å². The van der Waals surface area contributed by atoms with Crippen molar-refractivity contribution in [2.75, 3.05) is 11.9 Å². The van der Waals surface area contributed by atoms with Crippen LogP contribution in [0.2, 0.25) is 0 Å². The zero-order chi connectivity index (χ0) is 13.1. The Morgan fingerprint density at radius 3 is 2.72 bits per heavy atom. The largest absolute Gasteiger partial charge is 0.392 e. The van der Waals surface area contributed by atoms with Gasteiger partial charge in [0, 0.05) is 30.5 Å². The van der Waals surface area contributed by atoms with Crippen LogP contribution in [0.3, 0.4) is 0 Å². The van der Waals surface area contributed by atoms with E-state index < -0.39 is 0 Å². The second-order valence-electron chi connectivity index (χ2n) is 5.38. The molecule has 4 heteroatoms. The molecule has 18 heavy (non-hydrogen) atoms. The van der Waals surface area contributed by atoms with Gasteiger partial charge in [-0.2, -0.15) is 0 Å². The molecule has 2 atom stereocenters. The summed E-state index contributed by atoms with van der Waals surface area (Å²) in [5.41, 5.74) is 1.68. The average Bonchev–Trinajstić information content (AvgIpc) is 2.38.